The molecule has 0 bridgehead atoms. The molecule has 3 N–H and O–H groups in total. The first kappa shape index (κ1) is 12.1. The second-order valence-electron chi connectivity index (χ2n) is 4.87. The molecule has 0 saturated heterocycles. The highest BCUT2D eigenvalue weighted by Gasteiger charge is 2.48. The maximum atomic E-state index is 10.2. The van der Waals surface area contributed by atoms with Gasteiger partial charge in [-0.3, -0.25) is 0 Å². The van der Waals surface area contributed by atoms with E-state index in [0.29, 0.717) is 0 Å². The predicted octanol–water partition coefficient (Wildman–Crippen LogP) is 0.806. The van der Waals surface area contributed by atoms with Crippen molar-refractivity contribution < 1.29 is 15.3 Å². The molecule has 0 unspecified atom stereocenters. The number of hydrogen-bond donors (Lipinski definition) is 3. The molecule has 1 aromatic carbocycles. The monoisotopic (exact) mass is 235 g/mol. The first-order valence-corrected chi connectivity index (χ1v) is 5.86. The van der Waals surface area contributed by atoms with E-state index in [-0.39, 0.29) is 17.5 Å². The van der Waals surface area contributed by atoms with Gasteiger partial charge in [0.05, 0.1) is 0 Å². The molecule has 1 aliphatic heterocycles. The molecule has 17 heavy (non-hydrogen) atoms. The third-order valence-electron chi connectivity index (χ3n) is 3.43. The Kier molecular flexibility index (Phi) is 2.93. The van der Waals surface area contributed by atoms with Crippen molar-refractivity contribution in [3.05, 3.63) is 29.8 Å². The summed E-state index contributed by atoms with van der Waals surface area (Å²) in [5.41, 5.74) is 1.66. The number of rotatable bonds is 2. The number of benzene rings is 1. The van der Waals surface area contributed by atoms with Gasteiger partial charge in [0.2, 0.25) is 0 Å². The Morgan fingerprint density at radius 1 is 1.29 bits per heavy atom. The summed E-state index contributed by atoms with van der Waals surface area (Å²) in [6.07, 6.45) is 0.624. The van der Waals surface area contributed by atoms with Gasteiger partial charge >= 0.3 is 0 Å². The molecule has 1 aliphatic rings. The van der Waals surface area contributed by atoms with E-state index in [4.69, 9.17) is 0 Å². The van der Waals surface area contributed by atoms with Crippen molar-refractivity contribution in [2.45, 2.75) is 38.9 Å². The van der Waals surface area contributed by atoms with E-state index in [2.05, 4.69) is 11.9 Å². The lowest BCUT2D eigenvalue weighted by molar-refractivity contribution is -0.549. The lowest BCUT2D eigenvalue weighted by atomic mass is 9.97. The van der Waals surface area contributed by atoms with Gasteiger partial charge in [-0.2, -0.15) is 0 Å². The van der Waals surface area contributed by atoms with Crippen molar-refractivity contribution in [3.63, 3.8) is 0 Å². The lowest BCUT2D eigenvalue weighted by Crippen LogP contribution is -2.72. The molecule has 0 amide bonds. The van der Waals surface area contributed by atoms with Crippen molar-refractivity contribution in [3.8, 4) is 5.75 Å². The number of nitrogens with zero attached hydrogens (tertiary/aromatic N) is 1. The summed E-state index contributed by atoms with van der Waals surface area (Å²) in [4.78, 5) is 3.33. The van der Waals surface area contributed by atoms with E-state index in [1.807, 2.05) is 26.0 Å². The van der Waals surface area contributed by atoms with Crippen LogP contribution in [0.4, 0.5) is 0 Å². The fourth-order valence-electron chi connectivity index (χ4n) is 2.28. The zero-order valence-electron chi connectivity index (χ0n) is 10.4. The Bertz CT molecular complexity index is 437. The molecule has 2 rings (SSSR count). The molecule has 0 fully saturated rings. The maximum Gasteiger partial charge on any atom is 0.255 e. The molecule has 1 aromatic rings. The molecular formula is C13H19N2O2+. The van der Waals surface area contributed by atoms with Crippen molar-refractivity contribution in [2.75, 3.05) is 0 Å². The van der Waals surface area contributed by atoms with Gasteiger partial charge in [0.1, 0.15) is 11.3 Å². The summed E-state index contributed by atoms with van der Waals surface area (Å²) in [6.45, 7) is 6.04. The molecule has 1 heterocycles. The van der Waals surface area contributed by atoms with Crippen LogP contribution >= 0.6 is 0 Å². The van der Waals surface area contributed by atoms with Gasteiger partial charge in [0.15, 0.2) is 5.71 Å². The standard InChI is InChI=1S/C13H18N2O2/c1-4-11-13(2,3)15(17)12(14-11)9-5-7-10(16)8-6-9/h5-8,12,16-17H,4H2,1-3H3/p+1/t12-/m0/s1. The molecule has 0 aromatic heterocycles. The topological polar surface area (TPSA) is 57.7 Å². The number of hydrogen-bond acceptors (Lipinski definition) is 3. The summed E-state index contributed by atoms with van der Waals surface area (Å²) in [5, 5.41) is 20.8. The first-order valence-electron chi connectivity index (χ1n) is 5.86. The summed E-state index contributed by atoms with van der Waals surface area (Å²) >= 11 is 0. The van der Waals surface area contributed by atoms with Gasteiger partial charge in [-0.05, 0) is 38.1 Å². The van der Waals surface area contributed by atoms with E-state index in [0.717, 1.165) is 17.7 Å². The van der Waals surface area contributed by atoms with Gasteiger partial charge in [0.25, 0.3) is 6.17 Å². The number of phenolic OH excluding ortho intramolecular Hbond substituents is 1. The van der Waals surface area contributed by atoms with E-state index >= 15 is 0 Å². The largest absolute Gasteiger partial charge is 0.508 e. The maximum absolute atomic E-state index is 10.2. The van der Waals surface area contributed by atoms with Crippen LogP contribution in [0.15, 0.2) is 24.3 Å². The fraction of sp³-hybridized carbons (Fsp3) is 0.462. The quantitative estimate of drug-likeness (QED) is 0.711. The van der Waals surface area contributed by atoms with Crippen LogP contribution in [0.5, 0.6) is 5.75 Å². The third-order valence-corrected chi connectivity index (χ3v) is 3.43. The van der Waals surface area contributed by atoms with Crippen LogP contribution in [0.2, 0.25) is 0 Å². The minimum Gasteiger partial charge on any atom is -0.508 e. The van der Waals surface area contributed by atoms with Gasteiger partial charge < -0.3 is 10.3 Å². The molecule has 0 spiro atoms. The number of phenols is 1. The Balaban J connectivity index is 2.35. The van der Waals surface area contributed by atoms with Crippen LogP contribution in [0.1, 0.15) is 38.9 Å². The second-order valence-corrected chi connectivity index (χ2v) is 4.87. The van der Waals surface area contributed by atoms with Crippen LogP contribution < -0.4 is 4.99 Å². The summed E-state index contributed by atoms with van der Waals surface area (Å²) in [5.74, 6) is 0.232. The minimum absolute atomic E-state index is 0.232. The van der Waals surface area contributed by atoms with Gasteiger partial charge in [0, 0.05) is 12.0 Å². The van der Waals surface area contributed by atoms with E-state index in [1.54, 1.807) is 12.1 Å². The smallest absolute Gasteiger partial charge is 0.255 e. The van der Waals surface area contributed by atoms with E-state index < -0.39 is 0 Å². The SMILES string of the molecule is CCC1=[NH+][C@H](c2ccc(O)cc2)N(O)C1(C)C. The number of aromatic hydroxyl groups is 1. The highest BCUT2D eigenvalue weighted by molar-refractivity contribution is 5.88. The Morgan fingerprint density at radius 3 is 2.35 bits per heavy atom. The molecule has 1 atom stereocenters. The molecule has 0 aliphatic carbocycles. The number of nitrogens with one attached hydrogen (secondary N) is 1. The molecule has 0 radical (unpaired) electrons. The van der Waals surface area contributed by atoms with Crippen LogP contribution in [0.3, 0.4) is 0 Å². The fourth-order valence-corrected chi connectivity index (χ4v) is 2.28. The van der Waals surface area contributed by atoms with Gasteiger partial charge in [-0.25, -0.2) is 4.99 Å². The molecule has 0 saturated carbocycles. The Labute approximate surface area is 101 Å². The van der Waals surface area contributed by atoms with Crippen molar-refractivity contribution >= 4 is 5.71 Å². The lowest BCUT2D eigenvalue weighted by Gasteiger charge is -2.25. The van der Waals surface area contributed by atoms with Crippen molar-refractivity contribution in [1.29, 1.82) is 0 Å². The van der Waals surface area contributed by atoms with Crippen LogP contribution in [-0.2, 0) is 0 Å². The molecule has 4 nitrogen and oxygen atoms in total. The summed E-state index contributed by atoms with van der Waals surface area (Å²) < 4.78 is 0. The average molecular weight is 235 g/mol. The highest BCUT2D eigenvalue weighted by Crippen LogP contribution is 2.27. The van der Waals surface area contributed by atoms with Crippen LogP contribution in [0, 0.1) is 0 Å². The van der Waals surface area contributed by atoms with Crippen molar-refractivity contribution in [1.82, 2.24) is 5.06 Å². The van der Waals surface area contributed by atoms with E-state index in [1.165, 1.54) is 5.06 Å². The highest BCUT2D eigenvalue weighted by atomic mass is 16.5. The van der Waals surface area contributed by atoms with Gasteiger partial charge in [-0.1, -0.05) is 6.92 Å². The van der Waals surface area contributed by atoms with Gasteiger partial charge in [-0.15, -0.1) is 5.06 Å². The normalized spacial score (nSPS) is 23.8. The average Bonchev–Trinajstić information content (AvgIpc) is 2.52. The first-order chi connectivity index (χ1) is 7.96. The third kappa shape index (κ3) is 1.94. The minimum atomic E-state index is -0.378. The van der Waals surface area contributed by atoms with Crippen LogP contribution in [0.25, 0.3) is 0 Å². The molecular weight excluding hydrogens is 216 g/mol. The Hall–Kier alpha value is -1.39. The predicted molar refractivity (Wildman–Crippen MR) is 64.8 cm³/mol. The summed E-state index contributed by atoms with van der Waals surface area (Å²) in [6, 6.07) is 6.87. The zero-order chi connectivity index (χ0) is 12.6. The number of hydroxylamine groups is 2. The molecule has 4 heteroatoms. The zero-order valence-corrected chi connectivity index (χ0v) is 10.4. The second kappa shape index (κ2) is 4.13. The van der Waals surface area contributed by atoms with Crippen molar-refractivity contribution in [2.24, 2.45) is 0 Å². The van der Waals surface area contributed by atoms with E-state index in [9.17, 15) is 10.3 Å². The summed E-state index contributed by atoms with van der Waals surface area (Å²) in [7, 11) is 0. The molecule has 92 valence electrons. The Morgan fingerprint density at radius 2 is 1.88 bits per heavy atom. The van der Waals surface area contributed by atoms with Crippen LogP contribution in [-0.4, -0.2) is 26.6 Å².